The van der Waals surface area contributed by atoms with E-state index in [2.05, 4.69) is 24.8 Å². The van der Waals surface area contributed by atoms with Gasteiger partial charge in [0.1, 0.15) is 11.5 Å². The molecule has 1 aromatic heterocycles. The minimum absolute atomic E-state index is 0.0823. The second kappa shape index (κ2) is 13.4. The van der Waals surface area contributed by atoms with Gasteiger partial charge in [0.15, 0.2) is 11.5 Å². The summed E-state index contributed by atoms with van der Waals surface area (Å²) in [7, 11) is 4.68. The highest BCUT2D eigenvalue weighted by Gasteiger charge is 2.36. The number of ether oxygens (including phenoxy) is 3. The molecule has 0 aliphatic carbocycles. The van der Waals surface area contributed by atoms with Crippen molar-refractivity contribution in [3.63, 3.8) is 0 Å². The average molecular weight is 663 g/mol. The van der Waals surface area contributed by atoms with E-state index in [1.807, 2.05) is 42.5 Å². The predicted octanol–water partition coefficient (Wildman–Crippen LogP) is 5.23. The van der Waals surface area contributed by atoms with Gasteiger partial charge in [0.2, 0.25) is 5.75 Å². The summed E-state index contributed by atoms with van der Waals surface area (Å²) >= 11 is 12.4. The zero-order valence-electron chi connectivity index (χ0n) is 25.7. The molecule has 0 unspecified atom stereocenters. The standard InChI is InChI=1S/C33H33Cl2N7O4/c1-44-27-15-20(16-28(45-2)30(27)46-3)14-21-18-37-33(39-31(21)36)38-29-25-17-23(35)6-9-26(25)42(32(29)43)19-40-10-12-41(13-11-40)24-7-4-22(34)5-8-24/h4-9,15-18H,10-14,19H2,1-3H3,(H2,36,37,39). The van der Waals surface area contributed by atoms with E-state index in [1.165, 1.54) is 0 Å². The lowest BCUT2D eigenvalue weighted by molar-refractivity contribution is -0.112. The molecule has 0 saturated carbocycles. The third-order valence-corrected chi connectivity index (χ3v) is 8.56. The molecule has 3 aromatic carbocycles. The van der Waals surface area contributed by atoms with Crippen molar-refractivity contribution >= 4 is 58.0 Å². The van der Waals surface area contributed by atoms with Gasteiger partial charge in [-0.2, -0.15) is 4.98 Å². The number of hydrogen-bond acceptors (Lipinski definition) is 10. The number of nitrogen functional groups attached to an aromatic ring is 1. The highest BCUT2D eigenvalue weighted by molar-refractivity contribution is 6.55. The van der Waals surface area contributed by atoms with Crippen molar-refractivity contribution in [1.82, 2.24) is 14.9 Å². The summed E-state index contributed by atoms with van der Waals surface area (Å²) in [6.45, 7) is 3.64. The van der Waals surface area contributed by atoms with Crippen LogP contribution in [-0.2, 0) is 11.2 Å². The molecule has 1 saturated heterocycles. The maximum atomic E-state index is 13.8. The number of aliphatic imine (C=N–C) groups is 1. The van der Waals surface area contributed by atoms with Crippen molar-refractivity contribution in [3.05, 3.63) is 87.5 Å². The molecule has 0 radical (unpaired) electrons. The third-order valence-electron chi connectivity index (χ3n) is 8.07. The Morgan fingerprint density at radius 1 is 0.891 bits per heavy atom. The summed E-state index contributed by atoms with van der Waals surface area (Å²) in [6, 6.07) is 16.9. The van der Waals surface area contributed by atoms with Crippen LogP contribution < -0.4 is 29.7 Å². The van der Waals surface area contributed by atoms with E-state index < -0.39 is 0 Å². The lowest BCUT2D eigenvalue weighted by atomic mass is 10.1. The van der Waals surface area contributed by atoms with Crippen molar-refractivity contribution in [2.24, 2.45) is 4.99 Å². The third kappa shape index (κ3) is 6.39. The number of hydrogen-bond donors (Lipinski definition) is 1. The van der Waals surface area contributed by atoms with Gasteiger partial charge < -0.3 is 24.8 Å². The predicted molar refractivity (Wildman–Crippen MR) is 181 cm³/mol. The Bertz CT molecular complexity index is 1770. The van der Waals surface area contributed by atoms with Gasteiger partial charge in [-0.15, -0.1) is 0 Å². The lowest BCUT2D eigenvalue weighted by Crippen LogP contribution is -2.51. The van der Waals surface area contributed by atoms with Gasteiger partial charge in [-0.25, -0.2) is 9.98 Å². The fraction of sp³-hybridized carbons (Fsp3) is 0.273. The van der Waals surface area contributed by atoms with Crippen LogP contribution in [0, 0.1) is 0 Å². The minimum Gasteiger partial charge on any atom is -0.493 e. The van der Waals surface area contributed by atoms with E-state index >= 15 is 0 Å². The van der Waals surface area contributed by atoms with Gasteiger partial charge in [-0.05, 0) is 60.2 Å². The van der Waals surface area contributed by atoms with Gasteiger partial charge in [0.05, 0.1) is 33.7 Å². The van der Waals surface area contributed by atoms with Crippen LogP contribution >= 0.6 is 23.2 Å². The van der Waals surface area contributed by atoms with Crippen LogP contribution in [0.15, 0.2) is 65.8 Å². The van der Waals surface area contributed by atoms with Crippen LogP contribution in [0.3, 0.4) is 0 Å². The maximum absolute atomic E-state index is 13.8. The molecule has 2 aliphatic rings. The zero-order chi connectivity index (χ0) is 32.4. The second-order valence-electron chi connectivity index (χ2n) is 10.9. The SMILES string of the molecule is COc1cc(Cc2cnc(N=C3C(=O)N(CN4CCN(c5ccc(Cl)cc5)CC4)c4ccc(Cl)cc43)nc2N)cc(OC)c1OC. The van der Waals surface area contributed by atoms with Crippen molar-refractivity contribution < 1.29 is 19.0 Å². The van der Waals surface area contributed by atoms with Gasteiger partial charge in [0, 0.05) is 65.7 Å². The van der Waals surface area contributed by atoms with Crippen molar-refractivity contribution in [1.29, 1.82) is 0 Å². The number of anilines is 3. The molecule has 13 heteroatoms. The fourth-order valence-corrected chi connectivity index (χ4v) is 5.99. The van der Waals surface area contributed by atoms with Crippen LogP contribution in [0.2, 0.25) is 10.0 Å². The van der Waals surface area contributed by atoms with Crippen molar-refractivity contribution in [2.45, 2.75) is 6.42 Å². The molecule has 2 aliphatic heterocycles. The van der Waals surface area contributed by atoms with Gasteiger partial charge in [-0.3, -0.25) is 14.6 Å². The Labute approximate surface area is 277 Å². The number of amides is 1. The van der Waals surface area contributed by atoms with Crippen LogP contribution in [-0.4, -0.2) is 80.7 Å². The summed E-state index contributed by atoms with van der Waals surface area (Å²) in [5.41, 5.74) is 10.6. The summed E-state index contributed by atoms with van der Waals surface area (Å²) < 4.78 is 16.4. The number of halogens is 2. The Morgan fingerprint density at radius 3 is 2.20 bits per heavy atom. The Kier molecular flexibility index (Phi) is 9.16. The Balaban J connectivity index is 1.20. The Morgan fingerprint density at radius 2 is 1.57 bits per heavy atom. The molecule has 11 nitrogen and oxygen atoms in total. The van der Waals surface area contributed by atoms with Gasteiger partial charge in [-0.1, -0.05) is 23.2 Å². The summed E-state index contributed by atoms with van der Waals surface area (Å²) in [5, 5.41) is 1.21. The first-order chi connectivity index (χ1) is 22.3. The van der Waals surface area contributed by atoms with E-state index in [4.69, 9.17) is 43.1 Å². The largest absolute Gasteiger partial charge is 0.493 e. The highest BCUT2D eigenvalue weighted by Crippen LogP contribution is 2.39. The number of carbonyl (C=O) groups is 1. The van der Waals surface area contributed by atoms with E-state index in [-0.39, 0.29) is 23.4 Å². The topological polar surface area (TPSA) is 119 Å². The molecule has 6 rings (SSSR count). The first-order valence-electron chi connectivity index (χ1n) is 14.6. The van der Waals surface area contributed by atoms with E-state index in [0.29, 0.717) is 51.5 Å². The first kappa shape index (κ1) is 31.4. The number of nitrogens with two attached hydrogens (primary N) is 1. The van der Waals surface area contributed by atoms with E-state index in [9.17, 15) is 4.79 Å². The zero-order valence-corrected chi connectivity index (χ0v) is 27.2. The van der Waals surface area contributed by atoms with Crippen LogP contribution in [0.1, 0.15) is 16.7 Å². The number of benzene rings is 3. The smallest absolute Gasteiger partial charge is 0.278 e. The molecule has 1 amide bonds. The van der Waals surface area contributed by atoms with E-state index in [1.54, 1.807) is 44.6 Å². The van der Waals surface area contributed by atoms with Gasteiger partial charge in [0.25, 0.3) is 11.9 Å². The van der Waals surface area contributed by atoms with Gasteiger partial charge >= 0.3 is 0 Å². The number of methoxy groups -OCH3 is 3. The molecule has 0 spiro atoms. The Hall–Kier alpha value is -4.58. The molecular weight excluding hydrogens is 629 g/mol. The highest BCUT2D eigenvalue weighted by atomic mass is 35.5. The van der Waals surface area contributed by atoms with Crippen LogP contribution in [0.5, 0.6) is 17.2 Å². The quantitative estimate of drug-likeness (QED) is 0.257. The number of piperazine rings is 1. The van der Waals surface area contributed by atoms with Crippen molar-refractivity contribution in [2.75, 3.05) is 69.7 Å². The summed E-state index contributed by atoms with van der Waals surface area (Å²) in [6.07, 6.45) is 2.02. The van der Waals surface area contributed by atoms with Crippen LogP contribution in [0.25, 0.3) is 0 Å². The average Bonchev–Trinajstić information content (AvgIpc) is 3.31. The monoisotopic (exact) mass is 661 g/mol. The minimum atomic E-state index is -0.249. The molecule has 0 atom stereocenters. The molecule has 238 valence electrons. The first-order valence-corrected chi connectivity index (χ1v) is 15.4. The van der Waals surface area contributed by atoms with Crippen molar-refractivity contribution in [3.8, 4) is 17.2 Å². The fourth-order valence-electron chi connectivity index (χ4n) is 5.69. The molecule has 46 heavy (non-hydrogen) atoms. The number of rotatable bonds is 9. The normalized spacial score (nSPS) is 15.8. The molecule has 0 bridgehead atoms. The molecule has 4 aromatic rings. The maximum Gasteiger partial charge on any atom is 0.278 e. The number of carbonyl (C=O) groups excluding carboxylic acids is 1. The number of nitrogens with zero attached hydrogens (tertiary/aromatic N) is 6. The second-order valence-corrected chi connectivity index (χ2v) is 11.7. The molecule has 2 N–H and O–H groups in total. The van der Waals surface area contributed by atoms with Crippen LogP contribution in [0.4, 0.5) is 23.1 Å². The summed E-state index contributed by atoms with van der Waals surface area (Å²) in [4.78, 5) is 33.6. The number of aromatic nitrogens is 2. The van der Waals surface area contributed by atoms with E-state index in [0.717, 1.165) is 43.1 Å². The molecule has 3 heterocycles. The number of fused-ring (bicyclic) bond motifs is 1. The summed E-state index contributed by atoms with van der Waals surface area (Å²) in [5.74, 6) is 1.64. The molecule has 1 fully saturated rings. The molecular formula is C33H33Cl2N7O4. The lowest BCUT2D eigenvalue weighted by Gasteiger charge is -2.37.